The molecule has 1 saturated heterocycles. The van der Waals surface area contributed by atoms with Crippen LogP contribution in [0.5, 0.6) is 5.75 Å². The van der Waals surface area contributed by atoms with Crippen LogP contribution in [-0.4, -0.2) is 10.2 Å². The topological polar surface area (TPSA) is 29.5 Å². The summed E-state index contributed by atoms with van der Waals surface area (Å²) >= 11 is 19.6. The van der Waals surface area contributed by atoms with Gasteiger partial charge in [0, 0.05) is 20.1 Å². The van der Waals surface area contributed by atoms with Crippen LogP contribution in [0.2, 0.25) is 5.02 Å². The number of anilines is 1. The molecule has 3 nitrogen and oxygen atoms in total. The number of benzene rings is 3. The normalized spacial score (nSPS) is 15.0. The van der Waals surface area contributed by atoms with Crippen molar-refractivity contribution in [1.29, 1.82) is 0 Å². The van der Waals surface area contributed by atoms with E-state index in [4.69, 9.17) is 28.6 Å². The number of thioether (sulfide) groups is 1. The van der Waals surface area contributed by atoms with Crippen LogP contribution >= 0.6 is 67.4 Å². The van der Waals surface area contributed by atoms with E-state index in [1.165, 1.54) is 22.7 Å². The lowest BCUT2D eigenvalue weighted by molar-refractivity contribution is -0.113. The highest BCUT2D eigenvalue weighted by Crippen LogP contribution is 2.39. The fourth-order valence-electron chi connectivity index (χ4n) is 2.99. The number of nitrogens with zero attached hydrogens (tertiary/aromatic N) is 1. The largest absolute Gasteiger partial charge is 0.488 e. The Hall–Kier alpha value is -1.71. The number of hydrogen-bond acceptors (Lipinski definition) is 4. The first kappa shape index (κ1) is 23.4. The van der Waals surface area contributed by atoms with Gasteiger partial charge in [0.15, 0.2) is 4.32 Å². The van der Waals surface area contributed by atoms with Gasteiger partial charge in [0.1, 0.15) is 18.2 Å². The zero-order chi connectivity index (χ0) is 22.8. The van der Waals surface area contributed by atoms with Gasteiger partial charge < -0.3 is 4.74 Å². The first-order valence-electron chi connectivity index (χ1n) is 9.22. The lowest BCUT2D eigenvalue weighted by atomic mass is 10.1. The fraction of sp³-hybridized carbons (Fsp3) is 0.0435. The van der Waals surface area contributed by atoms with E-state index in [1.807, 2.05) is 12.1 Å². The first-order valence-corrected chi connectivity index (χ1v) is 12.4. The van der Waals surface area contributed by atoms with Crippen LogP contribution in [0.25, 0.3) is 6.08 Å². The molecule has 3 aromatic rings. The predicted molar refractivity (Wildman–Crippen MR) is 140 cm³/mol. The van der Waals surface area contributed by atoms with Gasteiger partial charge in [0.05, 0.1) is 15.6 Å². The Labute approximate surface area is 215 Å². The number of rotatable bonds is 5. The molecule has 0 saturated carbocycles. The molecule has 0 radical (unpaired) electrons. The summed E-state index contributed by atoms with van der Waals surface area (Å²) in [6.45, 7) is 0.0630. The van der Waals surface area contributed by atoms with E-state index in [0.717, 1.165) is 8.95 Å². The number of halogens is 4. The molecule has 9 heteroatoms. The van der Waals surface area contributed by atoms with Crippen LogP contribution in [0.4, 0.5) is 10.1 Å². The van der Waals surface area contributed by atoms with Crippen molar-refractivity contribution in [3.05, 3.63) is 96.5 Å². The minimum Gasteiger partial charge on any atom is -0.488 e. The summed E-state index contributed by atoms with van der Waals surface area (Å²) in [7, 11) is 0. The summed E-state index contributed by atoms with van der Waals surface area (Å²) in [6, 6.07) is 17.1. The highest BCUT2D eigenvalue weighted by Gasteiger charge is 2.33. The molecule has 0 N–H and O–H groups in total. The maximum Gasteiger partial charge on any atom is 0.270 e. The average Bonchev–Trinajstić information content (AvgIpc) is 3.03. The molecule has 0 aromatic heterocycles. The standard InChI is InChI=1S/C23H13Br2ClFNO2S2/c24-15-5-8-20(30-12-13-3-1-2-4-19(13)27)14(9-15)10-21-22(29)28(23(31)32-21)16-6-7-17(25)18(26)11-16/h1-11H,12H2/b21-10-. The molecule has 162 valence electrons. The van der Waals surface area contributed by atoms with Gasteiger partial charge >= 0.3 is 0 Å². The first-order chi connectivity index (χ1) is 15.3. The summed E-state index contributed by atoms with van der Waals surface area (Å²) in [4.78, 5) is 15.0. The lowest BCUT2D eigenvalue weighted by Crippen LogP contribution is -2.27. The molecular formula is C23H13Br2ClFNO2S2. The summed E-state index contributed by atoms with van der Waals surface area (Å²) in [5, 5.41) is 0.483. The molecule has 0 unspecified atom stereocenters. The lowest BCUT2D eigenvalue weighted by Gasteiger charge is -2.15. The molecule has 4 rings (SSSR count). The van der Waals surface area contributed by atoms with Gasteiger partial charge in [0.25, 0.3) is 5.91 Å². The Morgan fingerprint density at radius 1 is 1.12 bits per heavy atom. The number of amides is 1. The van der Waals surface area contributed by atoms with E-state index in [-0.39, 0.29) is 18.3 Å². The van der Waals surface area contributed by atoms with Gasteiger partial charge in [-0.3, -0.25) is 9.69 Å². The average molecular weight is 614 g/mol. The minimum atomic E-state index is -0.333. The SMILES string of the molecule is O=C1/C(=C/c2cc(Br)ccc2OCc2ccccc2F)SC(=S)N1c1ccc(Br)c(Cl)c1. The number of ether oxygens (including phenoxy) is 1. The summed E-state index contributed by atoms with van der Waals surface area (Å²) in [5.41, 5.74) is 1.71. The summed E-state index contributed by atoms with van der Waals surface area (Å²) in [6.07, 6.45) is 1.72. The van der Waals surface area contributed by atoms with E-state index >= 15 is 0 Å². The van der Waals surface area contributed by atoms with Crippen molar-refractivity contribution in [1.82, 2.24) is 0 Å². The number of hydrogen-bond donors (Lipinski definition) is 0. The second-order valence-corrected chi connectivity index (χ2v) is 10.5. The van der Waals surface area contributed by atoms with Crippen LogP contribution in [-0.2, 0) is 11.4 Å². The predicted octanol–water partition coefficient (Wildman–Crippen LogP) is 7.99. The second kappa shape index (κ2) is 10.1. The zero-order valence-corrected chi connectivity index (χ0v) is 21.7. The van der Waals surface area contributed by atoms with Crippen molar-refractivity contribution < 1.29 is 13.9 Å². The number of carbonyl (C=O) groups is 1. The van der Waals surface area contributed by atoms with Crippen molar-refractivity contribution in [3.63, 3.8) is 0 Å². The zero-order valence-electron chi connectivity index (χ0n) is 16.2. The van der Waals surface area contributed by atoms with Gasteiger partial charge in [-0.2, -0.15) is 0 Å². The van der Waals surface area contributed by atoms with Gasteiger partial charge in [-0.05, 0) is 64.5 Å². The van der Waals surface area contributed by atoms with Crippen molar-refractivity contribution in [2.45, 2.75) is 6.61 Å². The molecule has 1 fully saturated rings. The van der Waals surface area contributed by atoms with Gasteiger partial charge in [-0.25, -0.2) is 4.39 Å². The molecule has 1 aliphatic rings. The number of thiocarbonyl (C=S) groups is 1. The Bertz CT molecular complexity index is 1270. The fourth-order valence-corrected chi connectivity index (χ4v) is 5.08. The van der Waals surface area contributed by atoms with Crippen LogP contribution in [0, 0.1) is 5.82 Å². The Kier molecular flexibility index (Phi) is 7.37. The van der Waals surface area contributed by atoms with Crippen molar-refractivity contribution in [3.8, 4) is 5.75 Å². The van der Waals surface area contributed by atoms with Crippen LogP contribution in [0.1, 0.15) is 11.1 Å². The molecule has 0 bridgehead atoms. The molecule has 1 amide bonds. The molecule has 1 aliphatic heterocycles. The van der Waals surface area contributed by atoms with Crippen LogP contribution < -0.4 is 9.64 Å². The monoisotopic (exact) mass is 611 g/mol. The Morgan fingerprint density at radius 3 is 2.66 bits per heavy atom. The van der Waals surface area contributed by atoms with Gasteiger partial charge in [-0.15, -0.1) is 0 Å². The highest BCUT2D eigenvalue weighted by atomic mass is 79.9. The molecule has 3 aromatic carbocycles. The summed E-state index contributed by atoms with van der Waals surface area (Å²) in [5.74, 6) is -0.0629. The van der Waals surface area contributed by atoms with Crippen molar-refractivity contribution in [2.75, 3.05) is 4.90 Å². The minimum absolute atomic E-state index is 0.0630. The molecule has 0 spiro atoms. The van der Waals surface area contributed by atoms with E-state index in [2.05, 4.69) is 31.9 Å². The molecule has 0 atom stereocenters. The summed E-state index contributed by atoms with van der Waals surface area (Å²) < 4.78 is 21.8. The van der Waals surface area contributed by atoms with Crippen LogP contribution in [0.3, 0.4) is 0 Å². The quantitative estimate of drug-likeness (QED) is 0.216. The van der Waals surface area contributed by atoms with Crippen LogP contribution in [0.15, 0.2) is 74.5 Å². The Morgan fingerprint density at radius 2 is 1.91 bits per heavy atom. The number of carbonyl (C=O) groups excluding carboxylic acids is 1. The maximum atomic E-state index is 14.0. The second-order valence-electron chi connectivity index (χ2n) is 6.68. The van der Waals surface area contributed by atoms with Crippen molar-refractivity contribution in [2.24, 2.45) is 0 Å². The van der Waals surface area contributed by atoms with Gasteiger partial charge in [-0.1, -0.05) is 69.7 Å². The molecule has 0 aliphatic carbocycles. The Balaban J connectivity index is 1.62. The van der Waals surface area contributed by atoms with Crippen molar-refractivity contribution >= 4 is 89.4 Å². The van der Waals surface area contributed by atoms with E-state index < -0.39 is 0 Å². The third-order valence-corrected chi connectivity index (χ3v) is 7.58. The van der Waals surface area contributed by atoms with Gasteiger partial charge in [0.2, 0.25) is 0 Å². The van der Waals surface area contributed by atoms with E-state index in [9.17, 15) is 9.18 Å². The highest BCUT2D eigenvalue weighted by molar-refractivity contribution is 9.10. The third kappa shape index (κ3) is 5.10. The third-order valence-electron chi connectivity index (χ3n) is 4.55. The maximum absolute atomic E-state index is 14.0. The molecule has 1 heterocycles. The smallest absolute Gasteiger partial charge is 0.270 e. The van der Waals surface area contributed by atoms with E-state index in [1.54, 1.807) is 48.5 Å². The molecular weight excluding hydrogens is 601 g/mol. The van der Waals surface area contributed by atoms with E-state index in [0.29, 0.717) is 36.8 Å². The molecule has 32 heavy (non-hydrogen) atoms.